The fourth-order valence-corrected chi connectivity index (χ4v) is 2.39. The molecule has 0 spiro atoms. The van der Waals surface area contributed by atoms with E-state index in [2.05, 4.69) is 5.32 Å². The second kappa shape index (κ2) is 7.73. The maximum atomic E-state index is 12.3. The number of amides is 1. The topological polar surface area (TPSA) is 117 Å². The molecule has 2 aromatic rings. The third kappa shape index (κ3) is 4.32. The summed E-state index contributed by atoms with van der Waals surface area (Å²) < 4.78 is 15.9. The Hall–Kier alpha value is -3.62. The van der Waals surface area contributed by atoms with Crippen molar-refractivity contribution in [3.63, 3.8) is 0 Å². The van der Waals surface area contributed by atoms with Crippen LogP contribution in [0.1, 0.15) is 17.3 Å². The second-order valence-electron chi connectivity index (χ2n) is 5.70. The Morgan fingerprint density at radius 2 is 1.89 bits per heavy atom. The number of benzene rings is 2. The van der Waals surface area contributed by atoms with Crippen LogP contribution in [0.2, 0.25) is 0 Å². The fourth-order valence-electron chi connectivity index (χ4n) is 2.39. The summed E-state index contributed by atoms with van der Waals surface area (Å²) in [4.78, 5) is 34.5. The number of rotatable bonds is 5. The molecule has 9 heteroatoms. The summed E-state index contributed by atoms with van der Waals surface area (Å²) in [6.07, 6.45) is -1.11. The molecule has 0 saturated carbocycles. The van der Waals surface area contributed by atoms with E-state index in [1.54, 1.807) is 18.2 Å². The number of hydrogen-bond donors (Lipinski definition) is 1. The highest BCUT2D eigenvalue weighted by atomic mass is 16.6. The Kier molecular flexibility index (Phi) is 5.20. The molecule has 1 N–H and O–H groups in total. The average Bonchev–Trinajstić information content (AvgIpc) is 2.67. The molecule has 0 fully saturated rings. The lowest BCUT2D eigenvalue weighted by Crippen LogP contribution is -2.30. The number of nitro benzene ring substituents is 1. The van der Waals surface area contributed by atoms with Crippen molar-refractivity contribution in [1.29, 1.82) is 0 Å². The van der Waals surface area contributed by atoms with Crippen molar-refractivity contribution in [2.75, 3.05) is 18.5 Å². The van der Waals surface area contributed by atoms with Gasteiger partial charge in [0.1, 0.15) is 13.2 Å². The van der Waals surface area contributed by atoms with Crippen LogP contribution < -0.4 is 14.8 Å². The molecule has 3 rings (SSSR count). The molecule has 27 heavy (non-hydrogen) atoms. The molecule has 1 atom stereocenters. The number of nitrogens with one attached hydrogen (secondary N) is 1. The zero-order valence-corrected chi connectivity index (χ0v) is 14.3. The number of nitro groups is 1. The van der Waals surface area contributed by atoms with Gasteiger partial charge in [-0.2, -0.15) is 0 Å². The maximum Gasteiger partial charge on any atom is 0.339 e. The van der Waals surface area contributed by atoms with Gasteiger partial charge in [-0.05, 0) is 25.1 Å². The van der Waals surface area contributed by atoms with Crippen LogP contribution in [0.15, 0.2) is 42.5 Å². The number of anilines is 1. The molecular weight excluding hydrogens is 356 g/mol. The lowest BCUT2D eigenvalue weighted by molar-refractivity contribution is -0.384. The first-order chi connectivity index (χ1) is 12.9. The van der Waals surface area contributed by atoms with E-state index in [1.807, 2.05) is 0 Å². The molecule has 0 saturated heterocycles. The number of non-ortho nitro benzene ring substituents is 1. The molecule has 0 bridgehead atoms. The third-order valence-electron chi connectivity index (χ3n) is 3.76. The van der Waals surface area contributed by atoms with Crippen molar-refractivity contribution < 1.29 is 28.7 Å². The van der Waals surface area contributed by atoms with Gasteiger partial charge in [0.05, 0.1) is 10.5 Å². The van der Waals surface area contributed by atoms with Crippen molar-refractivity contribution in [2.24, 2.45) is 0 Å². The molecule has 140 valence electrons. The molecule has 2 aromatic carbocycles. The zero-order chi connectivity index (χ0) is 19.4. The normalized spacial score (nSPS) is 13.4. The van der Waals surface area contributed by atoms with Crippen LogP contribution in [0.5, 0.6) is 11.5 Å². The quantitative estimate of drug-likeness (QED) is 0.487. The number of carbonyl (C=O) groups excluding carboxylic acids is 2. The zero-order valence-electron chi connectivity index (χ0n) is 14.3. The predicted octanol–water partition coefficient (Wildman–Crippen LogP) is 2.55. The molecule has 9 nitrogen and oxygen atoms in total. The monoisotopic (exact) mass is 372 g/mol. The summed E-state index contributed by atoms with van der Waals surface area (Å²) in [5.74, 6) is -0.279. The van der Waals surface area contributed by atoms with Crippen molar-refractivity contribution in [1.82, 2.24) is 0 Å². The van der Waals surface area contributed by atoms with Crippen LogP contribution >= 0.6 is 0 Å². The van der Waals surface area contributed by atoms with E-state index < -0.39 is 22.9 Å². The van der Waals surface area contributed by atoms with Crippen molar-refractivity contribution in [3.05, 3.63) is 58.1 Å². The van der Waals surface area contributed by atoms with Crippen LogP contribution in [0.3, 0.4) is 0 Å². The summed E-state index contributed by atoms with van der Waals surface area (Å²) in [5, 5.41) is 13.4. The molecule has 1 heterocycles. The summed E-state index contributed by atoms with van der Waals surface area (Å²) in [7, 11) is 0. The first-order valence-corrected chi connectivity index (χ1v) is 8.10. The smallest absolute Gasteiger partial charge is 0.339 e. The molecule has 0 aliphatic carbocycles. The Morgan fingerprint density at radius 1 is 1.15 bits per heavy atom. The third-order valence-corrected chi connectivity index (χ3v) is 3.76. The van der Waals surface area contributed by atoms with Gasteiger partial charge < -0.3 is 19.5 Å². The molecule has 1 aliphatic rings. The Bertz CT molecular complexity index is 897. The highest BCUT2D eigenvalue weighted by Gasteiger charge is 2.21. The van der Waals surface area contributed by atoms with E-state index in [1.165, 1.54) is 25.1 Å². The van der Waals surface area contributed by atoms with E-state index >= 15 is 0 Å². The Labute approximate surface area is 154 Å². The predicted molar refractivity (Wildman–Crippen MR) is 94.0 cm³/mol. The maximum absolute atomic E-state index is 12.3. The summed E-state index contributed by atoms with van der Waals surface area (Å²) in [5.41, 5.74) is 0.212. The van der Waals surface area contributed by atoms with Gasteiger partial charge in [0.2, 0.25) is 0 Å². The molecule has 1 aliphatic heterocycles. The number of ether oxygens (including phenoxy) is 3. The van der Waals surface area contributed by atoms with Gasteiger partial charge in [-0.25, -0.2) is 4.79 Å². The minimum absolute atomic E-state index is 0.0109. The van der Waals surface area contributed by atoms with E-state index in [9.17, 15) is 19.7 Å². The minimum Gasteiger partial charge on any atom is -0.486 e. The molecule has 1 amide bonds. The van der Waals surface area contributed by atoms with Gasteiger partial charge in [-0.15, -0.1) is 0 Å². The summed E-state index contributed by atoms with van der Waals surface area (Å²) in [6.45, 7) is 2.29. The standard InChI is InChI=1S/C18H16N2O7/c1-11(27-18(22)12-3-2-4-14(9-12)20(23)24)17(21)19-13-5-6-15-16(10-13)26-8-7-25-15/h2-6,9-11H,7-8H2,1H3,(H,19,21)/t11-/m1/s1. The van der Waals surface area contributed by atoms with Crippen molar-refractivity contribution in [3.8, 4) is 11.5 Å². The van der Waals surface area contributed by atoms with Crippen LogP contribution in [0.4, 0.5) is 11.4 Å². The first kappa shape index (κ1) is 18.2. The van der Waals surface area contributed by atoms with Crippen LogP contribution in [-0.2, 0) is 9.53 Å². The number of nitrogens with zero attached hydrogens (tertiary/aromatic N) is 1. The Morgan fingerprint density at radius 3 is 2.63 bits per heavy atom. The molecule has 0 aromatic heterocycles. The van der Waals surface area contributed by atoms with Crippen molar-refractivity contribution >= 4 is 23.3 Å². The van der Waals surface area contributed by atoms with E-state index in [-0.39, 0.29) is 11.3 Å². The number of esters is 1. The largest absolute Gasteiger partial charge is 0.486 e. The number of carbonyl (C=O) groups is 2. The lowest BCUT2D eigenvalue weighted by Gasteiger charge is -2.19. The van der Waals surface area contributed by atoms with Gasteiger partial charge >= 0.3 is 5.97 Å². The average molecular weight is 372 g/mol. The molecule has 0 radical (unpaired) electrons. The van der Waals surface area contributed by atoms with Gasteiger partial charge in [0.15, 0.2) is 17.6 Å². The SMILES string of the molecule is C[C@@H](OC(=O)c1cccc([N+](=O)[O-])c1)C(=O)Nc1ccc2c(c1)OCCO2. The van der Waals surface area contributed by atoms with E-state index in [0.717, 1.165) is 6.07 Å². The summed E-state index contributed by atoms with van der Waals surface area (Å²) in [6, 6.07) is 10.0. The van der Waals surface area contributed by atoms with E-state index in [4.69, 9.17) is 14.2 Å². The number of hydrogen-bond acceptors (Lipinski definition) is 7. The Balaban J connectivity index is 1.63. The highest BCUT2D eigenvalue weighted by molar-refractivity contribution is 5.97. The van der Waals surface area contributed by atoms with Gasteiger partial charge in [-0.1, -0.05) is 6.07 Å². The van der Waals surface area contributed by atoms with Gasteiger partial charge in [0.25, 0.3) is 11.6 Å². The van der Waals surface area contributed by atoms with Crippen LogP contribution in [0.25, 0.3) is 0 Å². The van der Waals surface area contributed by atoms with Crippen LogP contribution in [-0.4, -0.2) is 36.1 Å². The van der Waals surface area contributed by atoms with Gasteiger partial charge in [-0.3, -0.25) is 14.9 Å². The van der Waals surface area contributed by atoms with Gasteiger partial charge in [0, 0.05) is 23.9 Å². The van der Waals surface area contributed by atoms with Crippen LogP contribution in [0, 0.1) is 10.1 Å². The fraction of sp³-hybridized carbons (Fsp3) is 0.222. The molecule has 0 unspecified atom stereocenters. The van der Waals surface area contributed by atoms with Crippen molar-refractivity contribution in [2.45, 2.75) is 13.0 Å². The minimum atomic E-state index is -1.11. The summed E-state index contributed by atoms with van der Waals surface area (Å²) >= 11 is 0. The highest BCUT2D eigenvalue weighted by Crippen LogP contribution is 2.32. The lowest BCUT2D eigenvalue weighted by atomic mass is 10.2. The second-order valence-corrected chi connectivity index (χ2v) is 5.70. The number of fused-ring (bicyclic) bond motifs is 1. The molecular formula is C18H16N2O7. The van der Waals surface area contributed by atoms with E-state index in [0.29, 0.717) is 30.4 Å². The first-order valence-electron chi connectivity index (χ1n) is 8.10.